The zero-order chi connectivity index (χ0) is 16.2. The summed E-state index contributed by atoms with van der Waals surface area (Å²) in [5.74, 6) is 0.369. The number of para-hydroxylation sites is 1. The molecule has 0 saturated heterocycles. The Bertz CT molecular complexity index is 667. The lowest BCUT2D eigenvalue weighted by atomic mass is 9.44. The molecule has 122 valence electrons. The largest absolute Gasteiger partial charge is 0.478 e. The van der Waals surface area contributed by atoms with Crippen molar-refractivity contribution in [2.75, 3.05) is 5.32 Å². The Kier molecular flexibility index (Phi) is 3.09. The minimum Gasteiger partial charge on any atom is -0.478 e. The van der Waals surface area contributed by atoms with Crippen LogP contribution >= 0.6 is 0 Å². The molecule has 0 radical (unpaired) electrons. The number of hydrogen-bond donors (Lipinski definition) is 2. The Morgan fingerprint density at radius 1 is 1.13 bits per heavy atom. The number of rotatable bonds is 3. The number of benzene rings is 1. The van der Waals surface area contributed by atoms with E-state index in [1.807, 2.05) is 0 Å². The molecule has 23 heavy (non-hydrogen) atoms. The molecule has 1 aromatic rings. The first-order valence-corrected chi connectivity index (χ1v) is 8.53. The number of nitrogens with one attached hydrogen (secondary N) is 1. The maximum Gasteiger partial charge on any atom is 0.337 e. The molecule has 4 fully saturated rings. The molecule has 4 aliphatic rings. The molecular weight excluding hydrogens is 290 g/mol. The zero-order valence-electron chi connectivity index (χ0n) is 13.5. The smallest absolute Gasteiger partial charge is 0.337 e. The number of anilines is 1. The van der Waals surface area contributed by atoms with Crippen molar-refractivity contribution in [3.05, 3.63) is 29.8 Å². The van der Waals surface area contributed by atoms with Crippen LogP contribution in [0.5, 0.6) is 0 Å². The third kappa shape index (κ3) is 2.35. The maximum atomic E-state index is 13.1. The number of amides is 1. The van der Waals surface area contributed by atoms with E-state index in [1.54, 1.807) is 24.3 Å². The molecule has 4 aliphatic carbocycles. The third-order valence-corrected chi connectivity index (χ3v) is 6.24. The topological polar surface area (TPSA) is 66.4 Å². The van der Waals surface area contributed by atoms with Crippen LogP contribution in [0.4, 0.5) is 5.69 Å². The van der Waals surface area contributed by atoms with Gasteiger partial charge in [0.25, 0.3) is 0 Å². The SMILES string of the molecule is CC12CC3CC(C1)CC(C(=O)Nc1ccccc1C(=O)O)(C3)C2. The summed E-state index contributed by atoms with van der Waals surface area (Å²) < 4.78 is 0. The first-order chi connectivity index (χ1) is 10.9. The summed E-state index contributed by atoms with van der Waals surface area (Å²) in [4.78, 5) is 24.4. The van der Waals surface area contributed by atoms with Gasteiger partial charge in [0.1, 0.15) is 0 Å². The van der Waals surface area contributed by atoms with Gasteiger partial charge in [-0.05, 0) is 67.9 Å². The maximum absolute atomic E-state index is 13.1. The van der Waals surface area contributed by atoms with Crippen molar-refractivity contribution in [1.29, 1.82) is 0 Å². The van der Waals surface area contributed by atoms with Gasteiger partial charge in [-0.2, -0.15) is 0 Å². The summed E-state index contributed by atoms with van der Waals surface area (Å²) in [5.41, 5.74) is 0.598. The summed E-state index contributed by atoms with van der Waals surface area (Å²) in [5, 5.41) is 12.2. The van der Waals surface area contributed by atoms with E-state index in [0.717, 1.165) is 19.3 Å². The Labute approximate surface area is 136 Å². The fraction of sp³-hybridized carbons (Fsp3) is 0.579. The Hall–Kier alpha value is -1.84. The van der Waals surface area contributed by atoms with Gasteiger partial charge in [0.15, 0.2) is 0 Å². The van der Waals surface area contributed by atoms with E-state index in [2.05, 4.69) is 12.2 Å². The van der Waals surface area contributed by atoms with Gasteiger partial charge in [0, 0.05) is 0 Å². The summed E-state index contributed by atoms with van der Waals surface area (Å²) >= 11 is 0. The van der Waals surface area contributed by atoms with Crippen LogP contribution in [0.1, 0.15) is 55.8 Å². The van der Waals surface area contributed by atoms with Crippen LogP contribution in [-0.2, 0) is 4.79 Å². The molecule has 0 heterocycles. The second-order valence-electron chi connectivity index (χ2n) is 8.36. The van der Waals surface area contributed by atoms with Gasteiger partial charge in [-0.3, -0.25) is 4.79 Å². The Balaban J connectivity index is 1.62. The highest BCUT2D eigenvalue weighted by atomic mass is 16.4. The Morgan fingerprint density at radius 2 is 1.78 bits per heavy atom. The normalized spacial score (nSPS) is 37.6. The van der Waals surface area contributed by atoms with Crippen LogP contribution in [0.25, 0.3) is 0 Å². The highest BCUT2D eigenvalue weighted by Crippen LogP contribution is 2.65. The number of carbonyl (C=O) groups excluding carboxylic acids is 1. The molecule has 1 amide bonds. The molecule has 2 atom stereocenters. The minimum absolute atomic E-state index is 0.0338. The zero-order valence-corrected chi connectivity index (χ0v) is 13.5. The first kappa shape index (κ1) is 14.7. The van der Waals surface area contributed by atoms with Gasteiger partial charge in [0.05, 0.1) is 16.7 Å². The van der Waals surface area contributed by atoms with Crippen molar-refractivity contribution >= 4 is 17.6 Å². The fourth-order valence-electron chi connectivity index (χ4n) is 6.02. The van der Waals surface area contributed by atoms with Gasteiger partial charge in [-0.1, -0.05) is 19.1 Å². The quantitative estimate of drug-likeness (QED) is 0.888. The van der Waals surface area contributed by atoms with Gasteiger partial charge < -0.3 is 10.4 Å². The average Bonchev–Trinajstić information content (AvgIpc) is 2.45. The van der Waals surface area contributed by atoms with Crippen LogP contribution in [0.15, 0.2) is 24.3 Å². The van der Waals surface area contributed by atoms with E-state index < -0.39 is 5.97 Å². The summed E-state index contributed by atoms with van der Waals surface area (Å²) in [7, 11) is 0. The fourth-order valence-corrected chi connectivity index (χ4v) is 6.02. The van der Waals surface area contributed by atoms with Gasteiger partial charge in [-0.25, -0.2) is 4.79 Å². The molecular formula is C19H23NO3. The van der Waals surface area contributed by atoms with Crippen LogP contribution in [0.2, 0.25) is 0 Å². The molecule has 4 nitrogen and oxygen atoms in total. The minimum atomic E-state index is -1.00. The predicted molar refractivity (Wildman–Crippen MR) is 87.3 cm³/mol. The van der Waals surface area contributed by atoms with Crippen molar-refractivity contribution in [3.8, 4) is 0 Å². The van der Waals surface area contributed by atoms with Crippen LogP contribution in [-0.4, -0.2) is 17.0 Å². The highest BCUT2D eigenvalue weighted by molar-refractivity contribution is 6.02. The van der Waals surface area contributed by atoms with Crippen LogP contribution < -0.4 is 5.32 Å². The van der Waals surface area contributed by atoms with E-state index in [4.69, 9.17) is 0 Å². The molecule has 0 aromatic heterocycles. The number of carbonyl (C=O) groups is 2. The van der Waals surface area contributed by atoms with E-state index in [0.29, 0.717) is 22.9 Å². The number of carboxylic acid groups (broad SMARTS) is 1. The van der Waals surface area contributed by atoms with Crippen molar-refractivity contribution < 1.29 is 14.7 Å². The molecule has 0 spiro atoms. The summed E-state index contributed by atoms with van der Waals surface area (Å²) in [6.45, 7) is 2.33. The average molecular weight is 313 g/mol. The highest BCUT2D eigenvalue weighted by Gasteiger charge is 2.58. The van der Waals surface area contributed by atoms with Crippen LogP contribution in [0.3, 0.4) is 0 Å². The van der Waals surface area contributed by atoms with Gasteiger partial charge in [0.2, 0.25) is 5.91 Å². The second kappa shape index (κ2) is 4.83. The van der Waals surface area contributed by atoms with Crippen molar-refractivity contribution in [2.24, 2.45) is 22.7 Å². The lowest BCUT2D eigenvalue weighted by molar-refractivity contribution is -0.149. The van der Waals surface area contributed by atoms with E-state index in [9.17, 15) is 14.7 Å². The third-order valence-electron chi connectivity index (χ3n) is 6.24. The lowest BCUT2D eigenvalue weighted by Gasteiger charge is -2.60. The molecule has 4 saturated carbocycles. The number of hydrogen-bond acceptors (Lipinski definition) is 2. The van der Waals surface area contributed by atoms with E-state index >= 15 is 0 Å². The summed E-state index contributed by atoms with van der Waals surface area (Å²) in [6, 6.07) is 6.68. The first-order valence-electron chi connectivity index (χ1n) is 8.53. The second-order valence-corrected chi connectivity index (χ2v) is 8.36. The molecule has 2 N–H and O–H groups in total. The predicted octanol–water partition coefficient (Wildman–Crippen LogP) is 3.93. The van der Waals surface area contributed by atoms with Gasteiger partial charge in [-0.15, -0.1) is 0 Å². The van der Waals surface area contributed by atoms with Gasteiger partial charge >= 0.3 is 5.97 Å². The summed E-state index contributed by atoms with van der Waals surface area (Å²) in [6.07, 6.45) is 6.68. The molecule has 4 heteroatoms. The standard InChI is InChI=1S/C19H23NO3/c1-18-7-12-6-13(8-18)10-19(9-12,11-18)17(23)20-15-5-3-2-4-14(15)16(21)22/h2-5,12-13H,6-11H2,1H3,(H,20,23)(H,21,22). The molecule has 0 aliphatic heterocycles. The lowest BCUT2D eigenvalue weighted by Crippen LogP contribution is -2.55. The van der Waals surface area contributed by atoms with Crippen molar-refractivity contribution in [2.45, 2.75) is 45.4 Å². The molecule has 4 bridgehead atoms. The molecule has 2 unspecified atom stereocenters. The molecule has 1 aromatic carbocycles. The number of aromatic carboxylic acids is 1. The van der Waals surface area contributed by atoms with Crippen LogP contribution in [0, 0.1) is 22.7 Å². The number of carboxylic acids is 1. The monoisotopic (exact) mass is 313 g/mol. The van der Waals surface area contributed by atoms with E-state index in [1.165, 1.54) is 19.3 Å². The van der Waals surface area contributed by atoms with Crippen molar-refractivity contribution in [3.63, 3.8) is 0 Å². The van der Waals surface area contributed by atoms with E-state index in [-0.39, 0.29) is 16.9 Å². The molecule has 5 rings (SSSR count). The Morgan fingerprint density at radius 3 is 2.39 bits per heavy atom. The van der Waals surface area contributed by atoms with Crippen molar-refractivity contribution in [1.82, 2.24) is 0 Å².